The highest BCUT2D eigenvalue weighted by molar-refractivity contribution is 5.86. The van der Waals surface area contributed by atoms with Crippen molar-refractivity contribution in [1.82, 2.24) is 5.32 Å². The minimum Gasteiger partial charge on any atom is -0.392 e. The third kappa shape index (κ3) is 4.02. The molecule has 1 fully saturated rings. The van der Waals surface area contributed by atoms with Gasteiger partial charge in [0.2, 0.25) is 5.91 Å². The Bertz CT molecular complexity index is 672. The highest BCUT2D eigenvalue weighted by atomic mass is 35.5. The van der Waals surface area contributed by atoms with Crippen LogP contribution in [0.15, 0.2) is 42.5 Å². The maximum atomic E-state index is 12.3. The van der Waals surface area contributed by atoms with Crippen molar-refractivity contribution in [2.75, 3.05) is 0 Å². The lowest BCUT2D eigenvalue weighted by Gasteiger charge is -2.30. The van der Waals surface area contributed by atoms with Gasteiger partial charge in [0.15, 0.2) is 0 Å². The summed E-state index contributed by atoms with van der Waals surface area (Å²) in [4.78, 5) is 12.3. The zero-order valence-electron chi connectivity index (χ0n) is 12.9. The Hall–Kier alpha value is -1.62. The van der Waals surface area contributed by atoms with Gasteiger partial charge in [-0.1, -0.05) is 42.5 Å². The van der Waals surface area contributed by atoms with Crippen molar-refractivity contribution < 1.29 is 9.90 Å². The van der Waals surface area contributed by atoms with Crippen LogP contribution in [0.2, 0.25) is 0 Å². The van der Waals surface area contributed by atoms with Crippen LogP contribution >= 0.6 is 12.4 Å². The molecular formula is C18H23ClN2O2. The van der Waals surface area contributed by atoms with E-state index in [1.165, 1.54) is 10.8 Å². The Balaban J connectivity index is 0.00000192. The maximum Gasteiger partial charge on any atom is 0.223 e. The van der Waals surface area contributed by atoms with E-state index in [4.69, 9.17) is 5.73 Å². The summed E-state index contributed by atoms with van der Waals surface area (Å²) < 4.78 is 0. The van der Waals surface area contributed by atoms with Crippen LogP contribution in [0.4, 0.5) is 0 Å². The fraction of sp³-hybridized carbons (Fsp3) is 0.389. The third-order valence-corrected chi connectivity index (χ3v) is 4.57. The second-order valence-corrected chi connectivity index (χ2v) is 6.10. The number of aliphatic hydroxyl groups is 1. The average molecular weight is 335 g/mol. The number of aliphatic hydroxyl groups excluding tert-OH is 1. The van der Waals surface area contributed by atoms with Gasteiger partial charge in [0, 0.05) is 18.5 Å². The molecule has 0 heterocycles. The number of benzene rings is 2. The molecule has 0 aromatic heterocycles. The molecule has 1 aliphatic carbocycles. The van der Waals surface area contributed by atoms with Gasteiger partial charge < -0.3 is 16.2 Å². The Morgan fingerprint density at radius 2 is 1.91 bits per heavy atom. The quantitative estimate of drug-likeness (QED) is 0.806. The maximum absolute atomic E-state index is 12.3. The van der Waals surface area contributed by atoms with E-state index in [1.807, 2.05) is 24.3 Å². The highest BCUT2D eigenvalue weighted by Crippen LogP contribution is 2.24. The summed E-state index contributed by atoms with van der Waals surface area (Å²) in [5.74, 6) is -0.0522. The largest absolute Gasteiger partial charge is 0.392 e. The van der Waals surface area contributed by atoms with Crippen molar-refractivity contribution in [3.8, 4) is 0 Å². The Morgan fingerprint density at radius 1 is 1.17 bits per heavy atom. The van der Waals surface area contributed by atoms with Gasteiger partial charge in [-0.3, -0.25) is 4.79 Å². The number of hydrogen-bond donors (Lipinski definition) is 3. The van der Waals surface area contributed by atoms with Crippen molar-refractivity contribution in [2.24, 2.45) is 11.7 Å². The van der Waals surface area contributed by atoms with Crippen LogP contribution in [0.25, 0.3) is 10.8 Å². The van der Waals surface area contributed by atoms with Gasteiger partial charge in [-0.05, 0) is 35.6 Å². The lowest BCUT2D eigenvalue weighted by atomic mass is 9.83. The molecule has 0 radical (unpaired) electrons. The lowest BCUT2D eigenvalue weighted by molar-refractivity contribution is -0.127. The molecule has 2 aromatic rings. The second-order valence-electron chi connectivity index (χ2n) is 6.10. The van der Waals surface area contributed by atoms with Gasteiger partial charge in [0.05, 0.1) is 6.10 Å². The molecule has 1 saturated carbocycles. The van der Waals surface area contributed by atoms with Gasteiger partial charge in [-0.2, -0.15) is 0 Å². The summed E-state index contributed by atoms with van der Waals surface area (Å²) in [6.45, 7) is 0.522. The first kappa shape index (κ1) is 17.7. The molecule has 4 N–H and O–H groups in total. The fourth-order valence-electron chi connectivity index (χ4n) is 3.20. The van der Waals surface area contributed by atoms with E-state index >= 15 is 0 Å². The normalized spacial score (nSPS) is 24.0. The molecule has 0 aliphatic heterocycles. The lowest BCUT2D eigenvalue weighted by Crippen LogP contribution is -2.44. The summed E-state index contributed by atoms with van der Waals surface area (Å²) in [6, 6.07) is 14.0. The van der Waals surface area contributed by atoms with Crippen molar-refractivity contribution >= 4 is 29.1 Å². The van der Waals surface area contributed by atoms with E-state index in [-0.39, 0.29) is 30.3 Å². The first-order valence-electron chi connectivity index (χ1n) is 7.83. The van der Waals surface area contributed by atoms with Crippen LogP contribution in [0.3, 0.4) is 0 Å². The Morgan fingerprint density at radius 3 is 2.70 bits per heavy atom. The van der Waals surface area contributed by atoms with E-state index in [1.54, 1.807) is 0 Å². The number of nitrogens with one attached hydrogen (secondary N) is 1. The molecule has 0 unspecified atom stereocenters. The third-order valence-electron chi connectivity index (χ3n) is 4.57. The van der Waals surface area contributed by atoms with E-state index in [0.717, 1.165) is 5.56 Å². The standard InChI is InChI=1S/C18H22N2O2.ClH/c19-16-10-13(8-9-17(16)21)18(22)20-11-14-6-3-5-12-4-1-2-7-15(12)14;/h1-7,13,16-17,21H,8-11,19H2,(H,20,22);1H/t13-,16+,17+;/m0./s1. The molecule has 0 spiro atoms. The molecular weight excluding hydrogens is 312 g/mol. The van der Waals surface area contributed by atoms with Gasteiger partial charge in [-0.15, -0.1) is 12.4 Å². The zero-order chi connectivity index (χ0) is 15.5. The van der Waals surface area contributed by atoms with Crippen molar-refractivity contribution in [3.05, 3.63) is 48.0 Å². The molecule has 124 valence electrons. The molecule has 3 atom stereocenters. The fourth-order valence-corrected chi connectivity index (χ4v) is 3.20. The number of carbonyl (C=O) groups excluding carboxylic acids is 1. The van der Waals surface area contributed by atoms with Crippen molar-refractivity contribution in [2.45, 2.75) is 38.0 Å². The number of nitrogens with two attached hydrogens (primary N) is 1. The average Bonchev–Trinajstić information content (AvgIpc) is 2.55. The van der Waals surface area contributed by atoms with Crippen LogP contribution in [0.1, 0.15) is 24.8 Å². The van der Waals surface area contributed by atoms with E-state index in [0.29, 0.717) is 25.8 Å². The van der Waals surface area contributed by atoms with E-state index in [9.17, 15) is 9.90 Å². The zero-order valence-corrected chi connectivity index (χ0v) is 13.8. The molecule has 1 amide bonds. The number of amides is 1. The van der Waals surface area contributed by atoms with Crippen LogP contribution in [-0.2, 0) is 11.3 Å². The summed E-state index contributed by atoms with van der Waals surface area (Å²) >= 11 is 0. The molecule has 3 rings (SSSR count). The van der Waals surface area contributed by atoms with Gasteiger partial charge in [0.1, 0.15) is 0 Å². The SMILES string of the molecule is Cl.N[C@@H]1C[C@@H](C(=O)NCc2cccc3ccccc23)CC[C@H]1O. The van der Waals surface area contributed by atoms with E-state index in [2.05, 4.69) is 23.5 Å². The molecule has 4 nitrogen and oxygen atoms in total. The summed E-state index contributed by atoms with van der Waals surface area (Å²) in [5.41, 5.74) is 6.98. The summed E-state index contributed by atoms with van der Waals surface area (Å²) in [6.07, 6.45) is 1.40. The smallest absolute Gasteiger partial charge is 0.223 e. The van der Waals surface area contributed by atoms with Gasteiger partial charge in [-0.25, -0.2) is 0 Å². The minimum atomic E-state index is -0.470. The molecule has 2 aromatic carbocycles. The van der Waals surface area contributed by atoms with Crippen molar-refractivity contribution in [3.63, 3.8) is 0 Å². The number of carbonyl (C=O) groups is 1. The number of fused-ring (bicyclic) bond motifs is 1. The van der Waals surface area contributed by atoms with Crippen LogP contribution < -0.4 is 11.1 Å². The minimum absolute atomic E-state index is 0. The monoisotopic (exact) mass is 334 g/mol. The number of halogens is 1. The van der Waals surface area contributed by atoms with Crippen LogP contribution in [0.5, 0.6) is 0 Å². The van der Waals surface area contributed by atoms with Crippen LogP contribution in [0, 0.1) is 5.92 Å². The van der Waals surface area contributed by atoms with Gasteiger partial charge >= 0.3 is 0 Å². The first-order valence-corrected chi connectivity index (χ1v) is 7.83. The summed E-state index contributed by atoms with van der Waals surface area (Å²) in [7, 11) is 0. The van der Waals surface area contributed by atoms with Crippen molar-refractivity contribution in [1.29, 1.82) is 0 Å². The molecule has 1 aliphatic rings. The number of rotatable bonds is 3. The van der Waals surface area contributed by atoms with Gasteiger partial charge in [0.25, 0.3) is 0 Å². The molecule has 5 heteroatoms. The molecule has 0 saturated heterocycles. The molecule has 23 heavy (non-hydrogen) atoms. The van der Waals surface area contributed by atoms with Crippen LogP contribution in [-0.4, -0.2) is 23.2 Å². The Labute approximate surface area is 142 Å². The highest BCUT2D eigenvalue weighted by Gasteiger charge is 2.30. The predicted octanol–water partition coefficient (Wildman–Crippen LogP) is 2.37. The summed E-state index contributed by atoms with van der Waals surface area (Å²) in [5, 5.41) is 15.0. The molecule has 0 bridgehead atoms. The topological polar surface area (TPSA) is 75.4 Å². The van der Waals surface area contributed by atoms with E-state index < -0.39 is 6.10 Å². The first-order chi connectivity index (χ1) is 10.6. The Kier molecular flexibility index (Phi) is 5.99. The second kappa shape index (κ2) is 7.77. The number of hydrogen-bond acceptors (Lipinski definition) is 3. The predicted molar refractivity (Wildman–Crippen MR) is 94.4 cm³/mol.